The van der Waals surface area contributed by atoms with Gasteiger partial charge in [0.1, 0.15) is 11.3 Å². The highest BCUT2D eigenvalue weighted by atomic mass is 19.4. The molecule has 3 aromatic rings. The zero-order valence-electron chi connectivity index (χ0n) is 16.6. The molecule has 0 bridgehead atoms. The van der Waals surface area contributed by atoms with Crippen LogP contribution in [0.4, 0.5) is 13.2 Å². The highest BCUT2D eigenvalue weighted by Gasteiger charge is 2.31. The molecule has 8 nitrogen and oxygen atoms in total. The second-order valence-electron chi connectivity index (χ2n) is 7.16. The van der Waals surface area contributed by atoms with Gasteiger partial charge in [-0.1, -0.05) is 24.2 Å². The first kappa shape index (κ1) is 20.9. The van der Waals surface area contributed by atoms with E-state index in [0.29, 0.717) is 36.5 Å². The van der Waals surface area contributed by atoms with Crippen LogP contribution in [0.1, 0.15) is 36.9 Å². The van der Waals surface area contributed by atoms with Crippen LogP contribution < -0.4 is 16.0 Å². The fourth-order valence-electron chi connectivity index (χ4n) is 3.64. The van der Waals surface area contributed by atoms with Crippen molar-refractivity contribution in [2.24, 2.45) is 0 Å². The fraction of sp³-hybridized carbons (Fsp3) is 0.400. The van der Waals surface area contributed by atoms with Crippen LogP contribution >= 0.6 is 0 Å². The Hall–Kier alpha value is -3.37. The molecule has 1 aromatic carbocycles. The number of benzene rings is 1. The molecular weight excluding hydrogens is 417 g/mol. The van der Waals surface area contributed by atoms with E-state index in [4.69, 9.17) is 4.52 Å². The molecule has 0 amide bonds. The van der Waals surface area contributed by atoms with Crippen molar-refractivity contribution in [1.29, 1.82) is 0 Å². The van der Waals surface area contributed by atoms with E-state index in [2.05, 4.69) is 14.9 Å². The van der Waals surface area contributed by atoms with Crippen LogP contribution in [0, 0.1) is 0 Å². The van der Waals surface area contributed by atoms with E-state index in [-0.39, 0.29) is 23.7 Å². The van der Waals surface area contributed by atoms with Crippen molar-refractivity contribution in [2.45, 2.75) is 52.1 Å². The summed E-state index contributed by atoms with van der Waals surface area (Å²) in [5, 5.41) is 3.91. The van der Waals surface area contributed by atoms with Gasteiger partial charge in [-0.25, -0.2) is 4.79 Å². The second-order valence-corrected chi connectivity index (χ2v) is 7.16. The molecule has 2 aromatic heterocycles. The lowest BCUT2D eigenvalue weighted by atomic mass is 10.0. The Kier molecular flexibility index (Phi) is 5.42. The maximum Gasteiger partial charge on any atom is 0.573 e. The topological polar surface area (TPSA) is 92.2 Å². The van der Waals surface area contributed by atoms with Crippen LogP contribution in [0.3, 0.4) is 0 Å². The minimum atomic E-state index is -4.80. The predicted molar refractivity (Wildman–Crippen MR) is 103 cm³/mol. The van der Waals surface area contributed by atoms with Crippen LogP contribution in [0.5, 0.6) is 5.75 Å². The van der Waals surface area contributed by atoms with Gasteiger partial charge in [0.05, 0.1) is 6.54 Å². The van der Waals surface area contributed by atoms with Gasteiger partial charge in [-0.05, 0) is 37.0 Å². The summed E-state index contributed by atoms with van der Waals surface area (Å²) in [7, 11) is 0. The quantitative estimate of drug-likeness (QED) is 0.611. The number of fused-ring (bicyclic) bond motifs is 1. The standard InChI is InChI=1S/C20H19F3N4O4/c1-2-15-24-17(25-31-15)16-14-5-3-4-10-26(14)19(29)27(18(16)28)11-12-6-8-13(9-7-12)30-20(21,22)23/h6-9H,2-5,10-11H2,1H3. The molecule has 0 aliphatic carbocycles. The Bertz CT molecular complexity index is 1210. The summed E-state index contributed by atoms with van der Waals surface area (Å²) < 4.78 is 48.7. The Morgan fingerprint density at radius 2 is 1.90 bits per heavy atom. The summed E-state index contributed by atoms with van der Waals surface area (Å²) in [6, 6.07) is 5.02. The third kappa shape index (κ3) is 4.25. The van der Waals surface area contributed by atoms with Crippen LogP contribution in [-0.2, 0) is 25.9 Å². The van der Waals surface area contributed by atoms with E-state index in [1.807, 2.05) is 6.92 Å². The molecule has 0 saturated heterocycles. The normalized spacial score (nSPS) is 13.8. The van der Waals surface area contributed by atoms with E-state index >= 15 is 0 Å². The van der Waals surface area contributed by atoms with Crippen molar-refractivity contribution in [3.8, 4) is 17.1 Å². The number of ether oxygens (including phenoxy) is 1. The average Bonchev–Trinajstić information content (AvgIpc) is 3.20. The SMILES string of the molecule is CCc1nc(-c2c3n(c(=O)n(Cc4ccc(OC(F)(F)F)cc4)c2=O)CCCC3)no1. The van der Waals surface area contributed by atoms with Gasteiger partial charge >= 0.3 is 12.1 Å². The molecule has 0 saturated carbocycles. The number of alkyl halides is 3. The summed E-state index contributed by atoms with van der Waals surface area (Å²) in [5.74, 6) is 0.127. The molecule has 0 radical (unpaired) electrons. The number of aromatic nitrogens is 4. The second kappa shape index (κ2) is 8.05. The van der Waals surface area contributed by atoms with Gasteiger partial charge < -0.3 is 9.26 Å². The Morgan fingerprint density at radius 1 is 1.16 bits per heavy atom. The third-order valence-corrected chi connectivity index (χ3v) is 5.07. The van der Waals surface area contributed by atoms with Gasteiger partial charge in [-0.15, -0.1) is 13.2 Å². The highest BCUT2D eigenvalue weighted by Crippen LogP contribution is 2.24. The summed E-state index contributed by atoms with van der Waals surface area (Å²) in [5.41, 5.74) is 0.239. The van der Waals surface area contributed by atoms with Gasteiger partial charge in [0.2, 0.25) is 11.7 Å². The molecule has 11 heteroatoms. The zero-order chi connectivity index (χ0) is 22.2. The zero-order valence-corrected chi connectivity index (χ0v) is 16.6. The van der Waals surface area contributed by atoms with Crippen molar-refractivity contribution >= 4 is 0 Å². The number of hydrogen-bond donors (Lipinski definition) is 0. The van der Waals surface area contributed by atoms with Gasteiger partial charge in [-0.3, -0.25) is 13.9 Å². The molecule has 1 aliphatic heterocycles. The van der Waals surface area contributed by atoms with Crippen LogP contribution in [0.25, 0.3) is 11.4 Å². The van der Waals surface area contributed by atoms with E-state index in [9.17, 15) is 22.8 Å². The summed E-state index contributed by atoms with van der Waals surface area (Å²) in [6.45, 7) is 2.18. The summed E-state index contributed by atoms with van der Waals surface area (Å²) >= 11 is 0. The van der Waals surface area contributed by atoms with E-state index in [0.717, 1.165) is 29.5 Å². The smallest absolute Gasteiger partial charge is 0.406 e. The minimum Gasteiger partial charge on any atom is -0.406 e. The lowest BCUT2D eigenvalue weighted by Crippen LogP contribution is -2.44. The molecule has 0 spiro atoms. The van der Waals surface area contributed by atoms with Crippen molar-refractivity contribution in [1.82, 2.24) is 19.3 Å². The number of nitrogens with zero attached hydrogens (tertiary/aromatic N) is 4. The number of aryl methyl sites for hydroxylation is 1. The molecule has 0 N–H and O–H groups in total. The Balaban J connectivity index is 1.77. The summed E-state index contributed by atoms with van der Waals surface area (Å²) in [4.78, 5) is 30.6. The highest BCUT2D eigenvalue weighted by molar-refractivity contribution is 5.57. The first-order valence-corrected chi connectivity index (χ1v) is 9.81. The third-order valence-electron chi connectivity index (χ3n) is 5.07. The molecular formula is C20H19F3N4O4. The maximum absolute atomic E-state index is 13.3. The van der Waals surface area contributed by atoms with E-state index in [1.54, 1.807) is 4.57 Å². The van der Waals surface area contributed by atoms with E-state index in [1.165, 1.54) is 12.1 Å². The number of halogens is 3. The van der Waals surface area contributed by atoms with Crippen molar-refractivity contribution in [3.05, 3.63) is 62.3 Å². The van der Waals surface area contributed by atoms with Crippen LogP contribution in [0.2, 0.25) is 0 Å². The van der Waals surface area contributed by atoms with Gasteiger partial charge in [-0.2, -0.15) is 4.98 Å². The molecule has 3 heterocycles. The van der Waals surface area contributed by atoms with Crippen LogP contribution in [-0.4, -0.2) is 25.6 Å². The predicted octanol–water partition coefficient (Wildman–Crippen LogP) is 2.91. The van der Waals surface area contributed by atoms with Gasteiger partial charge in [0.15, 0.2) is 0 Å². The first-order valence-electron chi connectivity index (χ1n) is 9.81. The maximum atomic E-state index is 13.3. The average molecular weight is 436 g/mol. The van der Waals surface area contributed by atoms with E-state index < -0.39 is 17.6 Å². The molecule has 164 valence electrons. The molecule has 0 fully saturated rings. The lowest BCUT2D eigenvalue weighted by molar-refractivity contribution is -0.274. The van der Waals surface area contributed by atoms with Gasteiger partial charge in [0, 0.05) is 18.7 Å². The number of hydrogen-bond acceptors (Lipinski definition) is 6. The fourth-order valence-corrected chi connectivity index (χ4v) is 3.64. The number of rotatable bonds is 5. The molecule has 4 rings (SSSR count). The molecule has 1 aliphatic rings. The minimum absolute atomic E-state index is 0.115. The molecule has 0 atom stereocenters. The van der Waals surface area contributed by atoms with Gasteiger partial charge in [0.25, 0.3) is 5.56 Å². The Morgan fingerprint density at radius 3 is 2.55 bits per heavy atom. The molecule has 31 heavy (non-hydrogen) atoms. The van der Waals surface area contributed by atoms with Crippen molar-refractivity contribution in [2.75, 3.05) is 0 Å². The monoisotopic (exact) mass is 436 g/mol. The Labute approximate surface area is 173 Å². The lowest BCUT2D eigenvalue weighted by Gasteiger charge is -2.22. The van der Waals surface area contributed by atoms with Crippen molar-refractivity contribution < 1.29 is 22.4 Å². The molecule has 0 unspecified atom stereocenters. The summed E-state index contributed by atoms with van der Waals surface area (Å²) in [6.07, 6.45) is -2.13. The first-order chi connectivity index (χ1) is 14.8. The van der Waals surface area contributed by atoms with Crippen molar-refractivity contribution in [3.63, 3.8) is 0 Å². The largest absolute Gasteiger partial charge is 0.573 e. The van der Waals surface area contributed by atoms with Crippen LogP contribution in [0.15, 0.2) is 38.4 Å².